The third-order valence-electron chi connectivity index (χ3n) is 1.55. The Bertz CT molecular complexity index is 288. The van der Waals surface area contributed by atoms with Gasteiger partial charge in [0.2, 0.25) is 0 Å². The molecule has 1 aromatic rings. The Kier molecular flexibility index (Phi) is 2.86. The third kappa shape index (κ3) is 2.19. The SMILES string of the molecule is Cn1nc(C(=O)NCCO)cc1N. The Hall–Kier alpha value is -1.56. The van der Waals surface area contributed by atoms with Crippen LogP contribution in [0.15, 0.2) is 6.07 Å². The average molecular weight is 184 g/mol. The molecule has 0 fully saturated rings. The van der Waals surface area contributed by atoms with Gasteiger partial charge in [-0.15, -0.1) is 0 Å². The third-order valence-corrected chi connectivity index (χ3v) is 1.55. The van der Waals surface area contributed by atoms with Crippen molar-refractivity contribution in [3.63, 3.8) is 0 Å². The number of nitrogens with zero attached hydrogens (tertiary/aromatic N) is 2. The number of rotatable bonds is 3. The van der Waals surface area contributed by atoms with E-state index in [-0.39, 0.29) is 24.8 Å². The monoisotopic (exact) mass is 184 g/mol. The highest BCUT2D eigenvalue weighted by atomic mass is 16.3. The maximum absolute atomic E-state index is 11.2. The summed E-state index contributed by atoms with van der Waals surface area (Å²) in [7, 11) is 1.65. The number of nitrogens with two attached hydrogens (primary N) is 1. The minimum Gasteiger partial charge on any atom is -0.395 e. The molecule has 0 atom stereocenters. The van der Waals surface area contributed by atoms with Crippen molar-refractivity contribution in [3.8, 4) is 0 Å². The fraction of sp³-hybridized carbons (Fsp3) is 0.429. The molecular formula is C7H12N4O2. The summed E-state index contributed by atoms with van der Waals surface area (Å²) in [5, 5.41) is 14.8. The first-order valence-electron chi connectivity index (χ1n) is 3.83. The maximum Gasteiger partial charge on any atom is 0.271 e. The summed E-state index contributed by atoms with van der Waals surface area (Å²) >= 11 is 0. The minimum atomic E-state index is -0.332. The number of aromatic nitrogens is 2. The van der Waals surface area contributed by atoms with Crippen LogP contribution in [0.4, 0.5) is 5.82 Å². The number of aliphatic hydroxyl groups excluding tert-OH is 1. The summed E-state index contributed by atoms with van der Waals surface area (Å²) in [6.07, 6.45) is 0. The summed E-state index contributed by atoms with van der Waals surface area (Å²) in [5.41, 5.74) is 5.74. The second-order valence-electron chi connectivity index (χ2n) is 2.56. The van der Waals surface area contributed by atoms with Crippen LogP contribution in [-0.4, -0.2) is 33.9 Å². The van der Waals surface area contributed by atoms with Crippen LogP contribution in [0.5, 0.6) is 0 Å². The van der Waals surface area contributed by atoms with Gasteiger partial charge in [-0.05, 0) is 0 Å². The number of hydrogen-bond acceptors (Lipinski definition) is 4. The second-order valence-corrected chi connectivity index (χ2v) is 2.56. The Morgan fingerprint density at radius 3 is 3.00 bits per heavy atom. The number of carbonyl (C=O) groups is 1. The zero-order valence-corrected chi connectivity index (χ0v) is 7.32. The van der Waals surface area contributed by atoms with Crippen molar-refractivity contribution in [2.75, 3.05) is 18.9 Å². The van der Waals surface area contributed by atoms with Crippen LogP contribution in [0.2, 0.25) is 0 Å². The molecule has 0 saturated carbocycles. The summed E-state index contributed by atoms with van der Waals surface area (Å²) in [6.45, 7) is 0.128. The van der Waals surface area contributed by atoms with Gasteiger partial charge in [0.15, 0.2) is 5.69 Å². The zero-order valence-electron chi connectivity index (χ0n) is 7.32. The predicted octanol–water partition coefficient (Wildman–Crippen LogP) is -1.28. The molecule has 1 amide bonds. The highest BCUT2D eigenvalue weighted by Crippen LogP contribution is 2.03. The Labute approximate surface area is 75.3 Å². The van der Waals surface area contributed by atoms with Crippen LogP contribution in [0.3, 0.4) is 0 Å². The predicted molar refractivity (Wildman–Crippen MR) is 47.0 cm³/mol. The molecule has 4 N–H and O–H groups in total. The molecule has 1 aromatic heterocycles. The van der Waals surface area contributed by atoms with Gasteiger partial charge < -0.3 is 16.2 Å². The van der Waals surface area contributed by atoms with Crippen molar-refractivity contribution >= 4 is 11.7 Å². The molecule has 72 valence electrons. The van der Waals surface area contributed by atoms with E-state index < -0.39 is 0 Å². The van der Waals surface area contributed by atoms with Crippen LogP contribution in [0, 0.1) is 0 Å². The van der Waals surface area contributed by atoms with Gasteiger partial charge in [0, 0.05) is 19.7 Å². The second kappa shape index (κ2) is 3.90. The van der Waals surface area contributed by atoms with E-state index in [2.05, 4.69) is 10.4 Å². The number of amides is 1. The lowest BCUT2D eigenvalue weighted by Crippen LogP contribution is -2.26. The minimum absolute atomic E-state index is 0.0892. The van der Waals surface area contributed by atoms with Crippen LogP contribution in [-0.2, 0) is 7.05 Å². The molecule has 0 saturated heterocycles. The maximum atomic E-state index is 11.2. The molecule has 0 aliphatic carbocycles. The average Bonchev–Trinajstić information content (AvgIpc) is 2.43. The summed E-state index contributed by atoms with van der Waals surface area (Å²) in [4.78, 5) is 11.2. The standard InChI is InChI=1S/C7H12N4O2/c1-11-6(8)4-5(10-11)7(13)9-2-3-12/h4,12H,2-3,8H2,1H3,(H,9,13). The lowest BCUT2D eigenvalue weighted by Gasteiger charge is -1.97. The first-order valence-corrected chi connectivity index (χ1v) is 3.83. The number of anilines is 1. The van der Waals surface area contributed by atoms with Gasteiger partial charge in [-0.2, -0.15) is 5.10 Å². The van der Waals surface area contributed by atoms with E-state index in [9.17, 15) is 4.79 Å². The Morgan fingerprint density at radius 1 is 1.85 bits per heavy atom. The molecule has 1 heterocycles. The molecule has 0 radical (unpaired) electrons. The molecule has 0 unspecified atom stereocenters. The van der Waals surface area contributed by atoms with E-state index in [1.807, 2.05) is 0 Å². The fourth-order valence-corrected chi connectivity index (χ4v) is 0.853. The molecule has 0 aliphatic rings. The normalized spacial score (nSPS) is 10.0. The van der Waals surface area contributed by atoms with Crippen LogP contribution >= 0.6 is 0 Å². The van der Waals surface area contributed by atoms with E-state index in [4.69, 9.17) is 10.8 Å². The molecule has 6 nitrogen and oxygen atoms in total. The van der Waals surface area contributed by atoms with Gasteiger partial charge in [-0.3, -0.25) is 9.48 Å². The largest absolute Gasteiger partial charge is 0.395 e. The molecule has 0 bridgehead atoms. The molecule has 6 heteroatoms. The van der Waals surface area contributed by atoms with Gasteiger partial charge in [0.1, 0.15) is 5.82 Å². The van der Waals surface area contributed by atoms with Gasteiger partial charge in [0.25, 0.3) is 5.91 Å². The van der Waals surface area contributed by atoms with Crippen molar-refractivity contribution in [1.29, 1.82) is 0 Å². The van der Waals surface area contributed by atoms with Gasteiger partial charge in [-0.1, -0.05) is 0 Å². The first-order chi connectivity index (χ1) is 6.15. The number of nitrogens with one attached hydrogen (secondary N) is 1. The van der Waals surface area contributed by atoms with E-state index in [1.165, 1.54) is 10.7 Å². The molecule has 0 aromatic carbocycles. The molecular weight excluding hydrogens is 172 g/mol. The highest BCUT2D eigenvalue weighted by Gasteiger charge is 2.09. The molecule has 0 aliphatic heterocycles. The van der Waals surface area contributed by atoms with Gasteiger partial charge in [-0.25, -0.2) is 0 Å². The van der Waals surface area contributed by atoms with Crippen LogP contribution in [0.25, 0.3) is 0 Å². The number of aryl methyl sites for hydroxylation is 1. The Morgan fingerprint density at radius 2 is 2.54 bits per heavy atom. The van der Waals surface area contributed by atoms with Crippen molar-refractivity contribution < 1.29 is 9.90 Å². The zero-order chi connectivity index (χ0) is 9.84. The van der Waals surface area contributed by atoms with Crippen molar-refractivity contribution in [3.05, 3.63) is 11.8 Å². The van der Waals surface area contributed by atoms with E-state index in [0.29, 0.717) is 5.82 Å². The fourth-order valence-electron chi connectivity index (χ4n) is 0.853. The van der Waals surface area contributed by atoms with E-state index in [1.54, 1.807) is 7.05 Å². The van der Waals surface area contributed by atoms with Crippen LogP contribution in [0.1, 0.15) is 10.5 Å². The lowest BCUT2D eigenvalue weighted by atomic mass is 10.4. The summed E-state index contributed by atoms with van der Waals surface area (Å²) in [5.74, 6) is 0.0931. The smallest absolute Gasteiger partial charge is 0.271 e. The molecule has 0 spiro atoms. The first kappa shape index (κ1) is 9.53. The summed E-state index contributed by atoms with van der Waals surface area (Å²) < 4.78 is 1.41. The number of aliphatic hydroxyl groups is 1. The lowest BCUT2D eigenvalue weighted by molar-refractivity contribution is 0.0939. The Balaban J connectivity index is 2.66. The van der Waals surface area contributed by atoms with Crippen molar-refractivity contribution in [1.82, 2.24) is 15.1 Å². The van der Waals surface area contributed by atoms with Crippen LogP contribution < -0.4 is 11.1 Å². The number of nitrogen functional groups attached to an aromatic ring is 1. The van der Waals surface area contributed by atoms with Gasteiger partial charge >= 0.3 is 0 Å². The molecule has 1 rings (SSSR count). The molecule has 13 heavy (non-hydrogen) atoms. The van der Waals surface area contributed by atoms with E-state index >= 15 is 0 Å². The quantitative estimate of drug-likeness (QED) is 0.545. The summed E-state index contributed by atoms with van der Waals surface area (Å²) in [6, 6.07) is 1.48. The number of carbonyl (C=O) groups excluding carboxylic acids is 1. The van der Waals surface area contributed by atoms with Gasteiger partial charge in [0.05, 0.1) is 6.61 Å². The van der Waals surface area contributed by atoms with Crippen molar-refractivity contribution in [2.24, 2.45) is 7.05 Å². The van der Waals surface area contributed by atoms with E-state index in [0.717, 1.165) is 0 Å². The highest BCUT2D eigenvalue weighted by molar-refractivity contribution is 5.92. The number of hydrogen-bond donors (Lipinski definition) is 3. The van der Waals surface area contributed by atoms with Crippen molar-refractivity contribution in [2.45, 2.75) is 0 Å². The topological polar surface area (TPSA) is 93.2 Å².